The molecule has 7 nitrogen and oxygen atoms in total. The van der Waals surface area contributed by atoms with Crippen molar-refractivity contribution in [1.29, 1.82) is 0 Å². The minimum atomic E-state index is -0.513. The molecular formula is C24H27N3O4. The summed E-state index contributed by atoms with van der Waals surface area (Å²) in [5.74, 6) is -0.134. The zero-order valence-electron chi connectivity index (χ0n) is 18.3. The number of nitrogens with one attached hydrogen (secondary N) is 1. The Balaban J connectivity index is 1.58. The Hall–Kier alpha value is -3.48. The largest absolute Gasteiger partial charge is 0.456 e. The number of hydrogen-bond donors (Lipinski definition) is 1. The summed E-state index contributed by atoms with van der Waals surface area (Å²) in [7, 11) is 0. The lowest BCUT2D eigenvalue weighted by Crippen LogP contribution is -2.27. The maximum Gasteiger partial charge on any atom is 0.326 e. The number of nitrogens with zero attached hydrogens (tertiary/aromatic N) is 2. The summed E-state index contributed by atoms with van der Waals surface area (Å²) in [5, 5.41) is 2.80. The lowest BCUT2D eigenvalue weighted by molar-refractivity contribution is -0.143. The van der Waals surface area contributed by atoms with Crippen molar-refractivity contribution in [3.05, 3.63) is 59.9 Å². The first kappa shape index (κ1) is 22.2. The second kappa shape index (κ2) is 9.12. The average Bonchev–Trinajstić information content (AvgIpc) is 3.09. The number of imidazole rings is 1. The van der Waals surface area contributed by atoms with E-state index in [0.717, 1.165) is 16.9 Å². The van der Waals surface area contributed by atoms with Crippen LogP contribution in [0.4, 0.5) is 5.69 Å². The van der Waals surface area contributed by atoms with Crippen molar-refractivity contribution in [2.24, 2.45) is 5.41 Å². The average molecular weight is 421 g/mol. The molecule has 2 aromatic carbocycles. The minimum absolute atomic E-state index is 0.00522. The molecule has 3 aromatic rings. The van der Waals surface area contributed by atoms with Crippen molar-refractivity contribution in [1.82, 2.24) is 9.55 Å². The van der Waals surface area contributed by atoms with E-state index in [9.17, 15) is 14.4 Å². The molecule has 1 N–H and O–H groups in total. The number of aryl methyl sites for hydroxylation is 1. The van der Waals surface area contributed by atoms with Gasteiger partial charge in [0.1, 0.15) is 12.4 Å². The van der Waals surface area contributed by atoms with Gasteiger partial charge >= 0.3 is 5.97 Å². The number of carbonyl (C=O) groups is 3. The Labute approximate surface area is 181 Å². The number of amides is 1. The maximum absolute atomic E-state index is 12.4. The van der Waals surface area contributed by atoms with E-state index in [-0.39, 0.29) is 24.8 Å². The van der Waals surface area contributed by atoms with Crippen LogP contribution in [0.3, 0.4) is 0 Å². The van der Waals surface area contributed by atoms with E-state index in [1.807, 2.05) is 56.5 Å². The number of aromatic nitrogens is 2. The topological polar surface area (TPSA) is 90.3 Å². The van der Waals surface area contributed by atoms with Gasteiger partial charge in [-0.3, -0.25) is 14.4 Å². The van der Waals surface area contributed by atoms with Crippen LogP contribution in [0.5, 0.6) is 0 Å². The van der Waals surface area contributed by atoms with Crippen LogP contribution in [0, 0.1) is 5.41 Å². The Bertz CT molecular complexity index is 1110. The van der Waals surface area contributed by atoms with Gasteiger partial charge in [-0.2, -0.15) is 0 Å². The number of anilines is 1. The number of carbonyl (C=O) groups excluding carboxylic acids is 3. The van der Waals surface area contributed by atoms with E-state index in [2.05, 4.69) is 10.3 Å². The molecular weight excluding hydrogens is 394 g/mol. The number of ether oxygens (including phenoxy) is 1. The summed E-state index contributed by atoms with van der Waals surface area (Å²) in [4.78, 5) is 41.3. The third kappa shape index (κ3) is 5.36. The first-order chi connectivity index (χ1) is 14.7. The highest BCUT2D eigenvalue weighted by Crippen LogP contribution is 2.18. The van der Waals surface area contributed by atoms with Gasteiger partial charge in [-0.1, -0.05) is 39.8 Å². The van der Waals surface area contributed by atoms with Crippen molar-refractivity contribution >= 4 is 34.4 Å². The first-order valence-electron chi connectivity index (χ1n) is 10.2. The summed E-state index contributed by atoms with van der Waals surface area (Å²) in [6.07, 6.45) is 0.680. The fourth-order valence-corrected chi connectivity index (χ4v) is 3.03. The van der Waals surface area contributed by atoms with Crippen LogP contribution in [0.1, 0.15) is 43.9 Å². The van der Waals surface area contributed by atoms with E-state index < -0.39 is 11.4 Å². The van der Waals surface area contributed by atoms with Gasteiger partial charge in [-0.05, 0) is 36.4 Å². The number of fused-ring (bicyclic) bond motifs is 1. The molecule has 3 rings (SSSR count). The number of rotatable bonds is 7. The molecule has 0 atom stereocenters. The van der Waals surface area contributed by atoms with Crippen LogP contribution in [-0.2, 0) is 27.3 Å². The van der Waals surface area contributed by atoms with Gasteiger partial charge in [0, 0.05) is 23.1 Å². The molecule has 1 aromatic heterocycles. The Morgan fingerprint density at radius 1 is 1.03 bits per heavy atom. The lowest BCUT2D eigenvalue weighted by Gasteiger charge is -2.17. The van der Waals surface area contributed by atoms with Crippen LogP contribution in [0.15, 0.2) is 48.5 Å². The van der Waals surface area contributed by atoms with E-state index >= 15 is 0 Å². The molecule has 0 aliphatic heterocycles. The normalized spacial score (nSPS) is 11.4. The monoisotopic (exact) mass is 421 g/mol. The van der Waals surface area contributed by atoms with Crippen LogP contribution < -0.4 is 5.32 Å². The van der Waals surface area contributed by atoms with Gasteiger partial charge in [0.2, 0.25) is 5.91 Å². The molecule has 31 heavy (non-hydrogen) atoms. The van der Waals surface area contributed by atoms with Gasteiger partial charge < -0.3 is 14.6 Å². The van der Waals surface area contributed by atoms with Crippen molar-refractivity contribution in [2.45, 2.75) is 40.7 Å². The number of esters is 1. The Morgan fingerprint density at radius 3 is 2.35 bits per heavy atom. The molecule has 162 valence electrons. The SMILES string of the molecule is CCc1nc2ccccc2n1CC(=O)OCC(=O)c1ccc(NC(=O)C(C)(C)C)cc1. The Kier molecular flexibility index (Phi) is 6.53. The summed E-state index contributed by atoms with van der Waals surface area (Å²) in [6.45, 7) is 7.09. The molecule has 0 saturated carbocycles. The summed E-state index contributed by atoms with van der Waals surface area (Å²) in [6, 6.07) is 14.1. The quantitative estimate of drug-likeness (QED) is 0.460. The predicted octanol–water partition coefficient (Wildman–Crippen LogP) is 4.01. The molecule has 1 heterocycles. The van der Waals surface area contributed by atoms with Gasteiger partial charge in [0.05, 0.1) is 11.0 Å². The highest BCUT2D eigenvalue weighted by Gasteiger charge is 2.21. The standard InChI is InChI=1S/C24H27N3O4/c1-5-21-26-18-8-6-7-9-19(18)27(21)14-22(29)31-15-20(28)16-10-12-17(13-11-16)25-23(30)24(2,3)4/h6-13H,5,14-15H2,1-4H3,(H,25,30). The van der Waals surface area contributed by atoms with Crippen LogP contribution in [0.25, 0.3) is 11.0 Å². The van der Waals surface area contributed by atoms with Gasteiger partial charge in [0.15, 0.2) is 12.4 Å². The summed E-state index contributed by atoms with van der Waals surface area (Å²) < 4.78 is 7.03. The van der Waals surface area contributed by atoms with Gasteiger partial charge in [0.25, 0.3) is 0 Å². The number of ketones is 1. The van der Waals surface area contributed by atoms with Gasteiger partial charge in [-0.15, -0.1) is 0 Å². The maximum atomic E-state index is 12.4. The molecule has 0 fully saturated rings. The summed E-state index contributed by atoms with van der Waals surface area (Å²) in [5.41, 5.74) is 2.18. The Morgan fingerprint density at radius 2 is 1.71 bits per heavy atom. The predicted molar refractivity (Wildman–Crippen MR) is 119 cm³/mol. The van der Waals surface area contributed by atoms with E-state index in [0.29, 0.717) is 17.7 Å². The number of para-hydroxylation sites is 2. The fourth-order valence-electron chi connectivity index (χ4n) is 3.03. The zero-order valence-corrected chi connectivity index (χ0v) is 18.3. The molecule has 0 saturated heterocycles. The van der Waals surface area contributed by atoms with Gasteiger partial charge in [-0.25, -0.2) is 4.98 Å². The second-order valence-corrected chi connectivity index (χ2v) is 8.32. The minimum Gasteiger partial charge on any atom is -0.456 e. The van der Waals surface area contributed by atoms with Crippen molar-refractivity contribution in [2.75, 3.05) is 11.9 Å². The molecule has 0 bridgehead atoms. The van der Waals surface area contributed by atoms with E-state index in [4.69, 9.17) is 4.74 Å². The summed E-state index contributed by atoms with van der Waals surface area (Å²) >= 11 is 0. The molecule has 0 spiro atoms. The first-order valence-corrected chi connectivity index (χ1v) is 10.2. The third-order valence-electron chi connectivity index (χ3n) is 4.85. The zero-order chi connectivity index (χ0) is 22.6. The highest BCUT2D eigenvalue weighted by molar-refractivity contribution is 5.99. The molecule has 0 aliphatic carbocycles. The van der Waals surface area contributed by atoms with Crippen LogP contribution >= 0.6 is 0 Å². The molecule has 0 unspecified atom stereocenters. The fraction of sp³-hybridized carbons (Fsp3) is 0.333. The van der Waals surface area contributed by atoms with E-state index in [1.165, 1.54) is 0 Å². The lowest BCUT2D eigenvalue weighted by atomic mass is 9.95. The van der Waals surface area contributed by atoms with Crippen molar-refractivity contribution < 1.29 is 19.1 Å². The molecule has 0 aliphatic rings. The molecule has 7 heteroatoms. The van der Waals surface area contributed by atoms with Crippen molar-refractivity contribution in [3.8, 4) is 0 Å². The van der Waals surface area contributed by atoms with Crippen LogP contribution in [0.2, 0.25) is 0 Å². The third-order valence-corrected chi connectivity index (χ3v) is 4.85. The molecule has 0 radical (unpaired) electrons. The highest BCUT2D eigenvalue weighted by atomic mass is 16.5. The van der Waals surface area contributed by atoms with Crippen LogP contribution in [-0.4, -0.2) is 33.8 Å². The number of Topliss-reactive ketones (excluding diaryl/α,β-unsaturated/α-hetero) is 1. The second-order valence-electron chi connectivity index (χ2n) is 8.32. The smallest absolute Gasteiger partial charge is 0.326 e. The van der Waals surface area contributed by atoms with Crippen molar-refractivity contribution in [3.63, 3.8) is 0 Å². The number of benzene rings is 2. The molecule has 1 amide bonds. The van der Waals surface area contributed by atoms with E-state index in [1.54, 1.807) is 24.3 Å². The number of hydrogen-bond acceptors (Lipinski definition) is 5.